The maximum absolute atomic E-state index is 12.8. The number of H-pyrrole nitrogens is 2. The molecule has 3 aromatic heterocycles. The van der Waals surface area contributed by atoms with Crippen LogP contribution in [-0.4, -0.2) is 66.9 Å². The standard InChI is InChI=1S/C21H20F3N9/c22-21(23,24)17-5-6-18(25-12-17)33-9-7-32(8-10-33)13-16-11-26-27-19(16)14-1-3-15(4-2-14)20-28-30-31-29-20/h1-6,11-12H,7-10,13H2,(H,26,27)(H,28,29,30,31). The SMILES string of the molecule is FC(F)(F)c1ccc(N2CCN(Cc3cn[nH]c3-c3ccc(-c4nn[nH]n4)cc3)CC2)nc1. The molecule has 0 amide bonds. The fraction of sp³-hybridized carbons (Fsp3) is 0.286. The van der Waals surface area contributed by atoms with Gasteiger partial charge >= 0.3 is 6.18 Å². The predicted octanol–water partition coefficient (Wildman–Crippen LogP) is 2.99. The van der Waals surface area contributed by atoms with E-state index in [-0.39, 0.29) is 0 Å². The first kappa shape index (κ1) is 21.1. The number of aromatic nitrogens is 7. The number of aromatic amines is 2. The van der Waals surface area contributed by atoms with Crippen molar-refractivity contribution in [2.45, 2.75) is 12.7 Å². The van der Waals surface area contributed by atoms with Gasteiger partial charge in [-0.05, 0) is 22.9 Å². The van der Waals surface area contributed by atoms with Gasteiger partial charge in [-0.3, -0.25) is 10.00 Å². The number of pyridine rings is 1. The van der Waals surface area contributed by atoms with Gasteiger partial charge in [-0.15, -0.1) is 10.2 Å². The van der Waals surface area contributed by atoms with Gasteiger partial charge in [0.1, 0.15) is 5.82 Å². The molecule has 33 heavy (non-hydrogen) atoms. The molecule has 4 heterocycles. The van der Waals surface area contributed by atoms with E-state index in [1.54, 1.807) is 0 Å². The topological polar surface area (TPSA) is 103 Å². The molecule has 1 fully saturated rings. The third kappa shape index (κ3) is 4.55. The van der Waals surface area contributed by atoms with Crippen molar-refractivity contribution in [1.82, 2.24) is 40.7 Å². The van der Waals surface area contributed by atoms with Gasteiger partial charge in [0.05, 0.1) is 17.5 Å². The lowest BCUT2D eigenvalue weighted by molar-refractivity contribution is -0.137. The summed E-state index contributed by atoms with van der Waals surface area (Å²) < 4.78 is 38.3. The third-order valence-electron chi connectivity index (χ3n) is 5.66. The molecule has 5 rings (SSSR count). The average Bonchev–Trinajstić information content (AvgIpc) is 3.52. The molecular formula is C21H20F3N9. The maximum atomic E-state index is 12.8. The van der Waals surface area contributed by atoms with Gasteiger partial charge < -0.3 is 4.90 Å². The number of nitrogens with one attached hydrogen (secondary N) is 2. The van der Waals surface area contributed by atoms with Gasteiger partial charge in [0, 0.05) is 50.0 Å². The second kappa shape index (κ2) is 8.62. The van der Waals surface area contributed by atoms with Crippen LogP contribution in [0.1, 0.15) is 11.1 Å². The number of hydrogen-bond donors (Lipinski definition) is 2. The maximum Gasteiger partial charge on any atom is 0.417 e. The number of halogens is 3. The lowest BCUT2D eigenvalue weighted by Gasteiger charge is -2.35. The molecule has 0 atom stereocenters. The number of rotatable bonds is 5. The largest absolute Gasteiger partial charge is 0.417 e. The van der Waals surface area contributed by atoms with E-state index in [0.29, 0.717) is 31.3 Å². The molecule has 170 valence electrons. The minimum atomic E-state index is -4.38. The van der Waals surface area contributed by atoms with Crippen molar-refractivity contribution >= 4 is 5.82 Å². The second-order valence-corrected chi connectivity index (χ2v) is 7.75. The van der Waals surface area contributed by atoms with Crippen LogP contribution in [0.5, 0.6) is 0 Å². The van der Waals surface area contributed by atoms with Crippen LogP contribution < -0.4 is 4.90 Å². The van der Waals surface area contributed by atoms with Crippen LogP contribution in [0.4, 0.5) is 19.0 Å². The lowest BCUT2D eigenvalue weighted by Crippen LogP contribution is -2.46. The minimum Gasteiger partial charge on any atom is -0.354 e. The van der Waals surface area contributed by atoms with Crippen LogP contribution in [0, 0.1) is 0 Å². The van der Waals surface area contributed by atoms with E-state index < -0.39 is 11.7 Å². The number of anilines is 1. The van der Waals surface area contributed by atoms with E-state index in [9.17, 15) is 13.2 Å². The summed E-state index contributed by atoms with van der Waals surface area (Å²) in [6, 6.07) is 10.3. The van der Waals surface area contributed by atoms with Gasteiger partial charge in [0.25, 0.3) is 0 Å². The lowest BCUT2D eigenvalue weighted by atomic mass is 10.1. The molecule has 1 aromatic carbocycles. The Labute approximate surface area is 186 Å². The molecule has 0 bridgehead atoms. The van der Waals surface area contributed by atoms with Crippen molar-refractivity contribution < 1.29 is 13.2 Å². The highest BCUT2D eigenvalue weighted by molar-refractivity contribution is 5.67. The molecule has 4 aromatic rings. The molecular weight excluding hydrogens is 435 g/mol. The van der Waals surface area contributed by atoms with Crippen LogP contribution in [0.15, 0.2) is 48.8 Å². The molecule has 12 heteroatoms. The highest BCUT2D eigenvalue weighted by atomic mass is 19.4. The number of hydrogen-bond acceptors (Lipinski definition) is 7. The van der Waals surface area contributed by atoms with E-state index >= 15 is 0 Å². The van der Waals surface area contributed by atoms with Gasteiger partial charge in [0.15, 0.2) is 0 Å². The summed E-state index contributed by atoms with van der Waals surface area (Å²) in [6.07, 6.45) is -1.66. The van der Waals surface area contributed by atoms with Crippen LogP contribution in [0.25, 0.3) is 22.6 Å². The first-order chi connectivity index (χ1) is 16.0. The Morgan fingerprint density at radius 2 is 1.67 bits per heavy atom. The first-order valence-electron chi connectivity index (χ1n) is 10.3. The molecule has 2 N–H and O–H groups in total. The highest BCUT2D eigenvalue weighted by Gasteiger charge is 2.31. The second-order valence-electron chi connectivity index (χ2n) is 7.75. The Kier molecular flexibility index (Phi) is 5.50. The van der Waals surface area contributed by atoms with Crippen LogP contribution >= 0.6 is 0 Å². The average molecular weight is 455 g/mol. The van der Waals surface area contributed by atoms with Crippen LogP contribution in [0.3, 0.4) is 0 Å². The first-order valence-corrected chi connectivity index (χ1v) is 10.3. The molecule has 0 spiro atoms. The summed E-state index contributed by atoms with van der Waals surface area (Å²) >= 11 is 0. The molecule has 1 saturated heterocycles. The quantitative estimate of drug-likeness (QED) is 0.477. The molecule has 0 radical (unpaired) electrons. The number of alkyl halides is 3. The minimum absolute atomic E-state index is 0.534. The van der Waals surface area contributed by atoms with E-state index in [0.717, 1.165) is 47.7 Å². The summed E-state index contributed by atoms with van der Waals surface area (Å²) in [4.78, 5) is 8.30. The van der Waals surface area contributed by atoms with Crippen molar-refractivity contribution in [2.75, 3.05) is 31.1 Å². The van der Waals surface area contributed by atoms with E-state index in [2.05, 4.69) is 40.7 Å². The summed E-state index contributed by atoms with van der Waals surface area (Å²) in [5.74, 6) is 1.10. The fourth-order valence-corrected chi connectivity index (χ4v) is 3.87. The number of nitrogens with zero attached hydrogens (tertiary/aromatic N) is 7. The Hall–Kier alpha value is -3.80. The molecule has 1 aliphatic heterocycles. The smallest absolute Gasteiger partial charge is 0.354 e. The summed E-state index contributed by atoms with van der Waals surface area (Å²) in [7, 11) is 0. The fourth-order valence-electron chi connectivity index (χ4n) is 3.87. The zero-order valence-corrected chi connectivity index (χ0v) is 17.4. The predicted molar refractivity (Wildman–Crippen MR) is 114 cm³/mol. The van der Waals surface area contributed by atoms with Crippen molar-refractivity contribution in [3.05, 3.63) is 59.9 Å². The monoisotopic (exact) mass is 455 g/mol. The highest BCUT2D eigenvalue weighted by Crippen LogP contribution is 2.30. The number of piperazine rings is 1. The van der Waals surface area contributed by atoms with E-state index in [1.165, 1.54) is 6.07 Å². The Balaban J connectivity index is 1.21. The van der Waals surface area contributed by atoms with Crippen LogP contribution in [0.2, 0.25) is 0 Å². The molecule has 9 nitrogen and oxygen atoms in total. The van der Waals surface area contributed by atoms with Crippen molar-refractivity contribution in [3.63, 3.8) is 0 Å². The zero-order valence-electron chi connectivity index (χ0n) is 17.4. The van der Waals surface area contributed by atoms with Crippen LogP contribution in [-0.2, 0) is 12.7 Å². The van der Waals surface area contributed by atoms with Crippen molar-refractivity contribution in [2.24, 2.45) is 0 Å². The van der Waals surface area contributed by atoms with Crippen molar-refractivity contribution in [1.29, 1.82) is 0 Å². The van der Waals surface area contributed by atoms with E-state index in [4.69, 9.17) is 0 Å². The van der Waals surface area contributed by atoms with E-state index in [1.807, 2.05) is 35.4 Å². The van der Waals surface area contributed by atoms with Gasteiger partial charge in [0.2, 0.25) is 5.82 Å². The van der Waals surface area contributed by atoms with Gasteiger partial charge in [-0.25, -0.2) is 4.98 Å². The summed E-state index contributed by atoms with van der Waals surface area (Å²) in [5.41, 5.74) is 3.15. The number of benzene rings is 1. The molecule has 1 aliphatic rings. The Morgan fingerprint density at radius 1 is 0.909 bits per heavy atom. The Bertz CT molecular complexity index is 1180. The Morgan fingerprint density at radius 3 is 2.30 bits per heavy atom. The molecule has 0 unspecified atom stereocenters. The molecule has 0 aliphatic carbocycles. The third-order valence-corrected chi connectivity index (χ3v) is 5.66. The number of tetrazole rings is 1. The summed E-state index contributed by atoms with van der Waals surface area (Å²) in [6.45, 7) is 3.62. The van der Waals surface area contributed by atoms with Crippen molar-refractivity contribution in [3.8, 4) is 22.6 Å². The zero-order chi connectivity index (χ0) is 22.8. The molecule has 0 saturated carbocycles. The van der Waals surface area contributed by atoms with Gasteiger partial charge in [-0.2, -0.15) is 23.5 Å². The van der Waals surface area contributed by atoms with Gasteiger partial charge in [-0.1, -0.05) is 24.3 Å². The normalized spacial score (nSPS) is 15.2. The summed E-state index contributed by atoms with van der Waals surface area (Å²) in [5, 5.41) is 21.3.